The third-order valence-corrected chi connectivity index (χ3v) is 6.13. The molecular weight excluding hydrogens is 362 g/mol. The van der Waals surface area contributed by atoms with E-state index in [2.05, 4.69) is 15.5 Å². The highest BCUT2D eigenvalue weighted by molar-refractivity contribution is 8.04. The number of ketones is 1. The molecule has 1 amide bonds. The van der Waals surface area contributed by atoms with E-state index in [-0.39, 0.29) is 23.0 Å². The van der Waals surface area contributed by atoms with Gasteiger partial charge in [0.25, 0.3) is 0 Å². The van der Waals surface area contributed by atoms with Gasteiger partial charge in [0.05, 0.1) is 11.0 Å². The van der Waals surface area contributed by atoms with Crippen molar-refractivity contribution < 1.29 is 9.59 Å². The van der Waals surface area contributed by atoms with Crippen molar-refractivity contribution in [2.24, 2.45) is 0 Å². The predicted molar refractivity (Wildman–Crippen MR) is 100 cm³/mol. The molecule has 1 N–H and O–H groups in total. The number of thioether (sulfide) groups is 2. The van der Waals surface area contributed by atoms with Crippen LogP contribution in [0.15, 0.2) is 39.0 Å². The van der Waals surface area contributed by atoms with Crippen molar-refractivity contribution in [3.63, 3.8) is 0 Å². The summed E-state index contributed by atoms with van der Waals surface area (Å²) in [5.74, 6) is 0.375. The van der Waals surface area contributed by atoms with E-state index >= 15 is 0 Å². The zero-order valence-electron chi connectivity index (χ0n) is 13.7. The minimum absolute atomic E-state index is 0.0151. The SMILES string of the molecule is CC(C)NC(=O)[C@@H](C)Sc1nnc(SCC(=O)c2ccccc2)s1. The van der Waals surface area contributed by atoms with Gasteiger partial charge < -0.3 is 5.32 Å². The van der Waals surface area contributed by atoms with Crippen LogP contribution in [0.4, 0.5) is 0 Å². The molecule has 5 nitrogen and oxygen atoms in total. The summed E-state index contributed by atoms with van der Waals surface area (Å²) in [5.41, 5.74) is 0.697. The third kappa shape index (κ3) is 5.92. The molecule has 0 spiro atoms. The Hall–Kier alpha value is -1.38. The van der Waals surface area contributed by atoms with E-state index < -0.39 is 0 Å². The first-order chi connectivity index (χ1) is 11.5. The molecule has 0 unspecified atom stereocenters. The van der Waals surface area contributed by atoms with Crippen LogP contribution in [0.1, 0.15) is 31.1 Å². The molecule has 0 bridgehead atoms. The van der Waals surface area contributed by atoms with E-state index in [0.717, 1.165) is 8.68 Å². The topological polar surface area (TPSA) is 72.0 Å². The van der Waals surface area contributed by atoms with Crippen LogP contribution < -0.4 is 5.32 Å². The van der Waals surface area contributed by atoms with Crippen LogP contribution in [0, 0.1) is 0 Å². The lowest BCUT2D eigenvalue weighted by Crippen LogP contribution is -2.35. The number of hydrogen-bond donors (Lipinski definition) is 1. The molecule has 128 valence electrons. The lowest BCUT2D eigenvalue weighted by Gasteiger charge is -2.12. The van der Waals surface area contributed by atoms with Gasteiger partial charge in [0.2, 0.25) is 5.91 Å². The first-order valence-electron chi connectivity index (χ1n) is 7.47. The van der Waals surface area contributed by atoms with E-state index in [1.807, 2.05) is 39.0 Å². The Morgan fingerprint density at radius 2 is 1.79 bits per heavy atom. The zero-order chi connectivity index (χ0) is 17.5. The second-order valence-corrected chi connectivity index (χ2v) is 9.12. The average molecular weight is 382 g/mol. The summed E-state index contributed by atoms with van der Waals surface area (Å²) in [7, 11) is 0. The molecule has 0 fully saturated rings. The summed E-state index contributed by atoms with van der Waals surface area (Å²) in [6, 6.07) is 9.31. The van der Waals surface area contributed by atoms with Crippen LogP contribution >= 0.6 is 34.9 Å². The van der Waals surface area contributed by atoms with Gasteiger partial charge in [-0.1, -0.05) is 65.2 Å². The van der Waals surface area contributed by atoms with Gasteiger partial charge in [-0.25, -0.2) is 0 Å². The normalized spacial score (nSPS) is 12.2. The largest absolute Gasteiger partial charge is 0.353 e. The van der Waals surface area contributed by atoms with Crippen LogP contribution in [0.2, 0.25) is 0 Å². The Kier molecular flexibility index (Phi) is 7.26. The van der Waals surface area contributed by atoms with E-state index in [0.29, 0.717) is 11.3 Å². The highest BCUT2D eigenvalue weighted by atomic mass is 32.2. The van der Waals surface area contributed by atoms with E-state index in [1.54, 1.807) is 12.1 Å². The maximum Gasteiger partial charge on any atom is 0.233 e. The lowest BCUT2D eigenvalue weighted by atomic mass is 10.2. The fraction of sp³-hybridized carbons (Fsp3) is 0.375. The lowest BCUT2D eigenvalue weighted by molar-refractivity contribution is -0.120. The van der Waals surface area contributed by atoms with E-state index in [1.165, 1.54) is 34.9 Å². The van der Waals surface area contributed by atoms with Crippen molar-refractivity contribution in [1.82, 2.24) is 15.5 Å². The second kappa shape index (κ2) is 9.19. The number of nitrogens with zero attached hydrogens (tertiary/aromatic N) is 2. The number of nitrogens with one attached hydrogen (secondary N) is 1. The fourth-order valence-electron chi connectivity index (χ4n) is 1.74. The number of amides is 1. The molecule has 0 aliphatic carbocycles. The van der Waals surface area contributed by atoms with Gasteiger partial charge in [-0.2, -0.15) is 0 Å². The summed E-state index contributed by atoms with van der Waals surface area (Å²) in [6.07, 6.45) is 0. The molecular formula is C16H19N3O2S3. The Bertz CT molecular complexity index is 689. The summed E-state index contributed by atoms with van der Waals surface area (Å²) in [6.45, 7) is 5.70. The van der Waals surface area contributed by atoms with Gasteiger partial charge in [-0.15, -0.1) is 10.2 Å². The Morgan fingerprint density at radius 3 is 2.46 bits per heavy atom. The molecule has 1 aromatic carbocycles. The van der Waals surface area contributed by atoms with Crippen molar-refractivity contribution in [2.45, 2.75) is 40.7 Å². The number of aromatic nitrogens is 2. The van der Waals surface area contributed by atoms with Crippen LogP contribution in [0.5, 0.6) is 0 Å². The molecule has 0 saturated heterocycles. The van der Waals surface area contributed by atoms with Gasteiger partial charge in [0, 0.05) is 11.6 Å². The highest BCUT2D eigenvalue weighted by Gasteiger charge is 2.18. The second-order valence-electron chi connectivity index (χ2n) is 5.34. The maximum atomic E-state index is 12.1. The van der Waals surface area contributed by atoms with Crippen molar-refractivity contribution in [3.8, 4) is 0 Å². The van der Waals surface area contributed by atoms with Crippen LogP contribution in [-0.4, -0.2) is 38.9 Å². The molecule has 0 saturated carbocycles. The van der Waals surface area contributed by atoms with Gasteiger partial charge in [-0.3, -0.25) is 9.59 Å². The molecule has 2 rings (SSSR count). The van der Waals surface area contributed by atoms with Crippen LogP contribution in [0.25, 0.3) is 0 Å². The standard InChI is InChI=1S/C16H19N3O2S3/c1-10(2)17-14(21)11(3)23-16-19-18-15(24-16)22-9-13(20)12-7-5-4-6-8-12/h4-8,10-11H,9H2,1-3H3,(H,17,21)/t11-/m1/s1. The number of carbonyl (C=O) groups excluding carboxylic acids is 2. The minimum Gasteiger partial charge on any atom is -0.353 e. The van der Waals surface area contributed by atoms with Crippen molar-refractivity contribution in [1.29, 1.82) is 0 Å². The van der Waals surface area contributed by atoms with Crippen LogP contribution in [0.3, 0.4) is 0 Å². The van der Waals surface area contributed by atoms with Gasteiger partial charge >= 0.3 is 0 Å². The minimum atomic E-state index is -0.232. The first kappa shape index (κ1) is 19.0. The number of carbonyl (C=O) groups is 2. The molecule has 1 atom stereocenters. The first-order valence-corrected chi connectivity index (χ1v) is 10.2. The third-order valence-electron chi connectivity index (χ3n) is 2.89. The van der Waals surface area contributed by atoms with Crippen molar-refractivity contribution in [3.05, 3.63) is 35.9 Å². The Labute approximate surface area is 154 Å². The average Bonchev–Trinajstić information content (AvgIpc) is 3.00. The van der Waals surface area contributed by atoms with E-state index in [9.17, 15) is 9.59 Å². The molecule has 8 heteroatoms. The zero-order valence-corrected chi connectivity index (χ0v) is 16.1. The fourth-order valence-corrected chi connectivity index (χ4v) is 4.81. The summed E-state index contributed by atoms with van der Waals surface area (Å²) >= 11 is 4.16. The van der Waals surface area contributed by atoms with Crippen LogP contribution in [-0.2, 0) is 4.79 Å². The summed E-state index contributed by atoms with van der Waals surface area (Å²) in [4.78, 5) is 24.0. The summed E-state index contributed by atoms with van der Waals surface area (Å²) in [5, 5.41) is 10.8. The number of benzene rings is 1. The molecule has 0 aliphatic rings. The monoisotopic (exact) mass is 381 g/mol. The molecule has 1 aromatic heterocycles. The Morgan fingerprint density at radius 1 is 1.12 bits per heavy atom. The highest BCUT2D eigenvalue weighted by Crippen LogP contribution is 2.31. The predicted octanol–water partition coefficient (Wildman–Crippen LogP) is 3.52. The quantitative estimate of drug-likeness (QED) is 0.557. The molecule has 24 heavy (non-hydrogen) atoms. The number of rotatable bonds is 8. The van der Waals surface area contributed by atoms with Gasteiger partial charge in [0.15, 0.2) is 14.5 Å². The molecule has 0 aliphatic heterocycles. The number of Topliss-reactive ketones (excluding diaryl/α,β-unsaturated/α-hetero) is 1. The van der Waals surface area contributed by atoms with Crippen molar-refractivity contribution >= 4 is 46.6 Å². The number of hydrogen-bond acceptors (Lipinski definition) is 7. The van der Waals surface area contributed by atoms with Gasteiger partial charge in [0.1, 0.15) is 0 Å². The molecule has 0 radical (unpaired) electrons. The Balaban J connectivity index is 1.85. The summed E-state index contributed by atoms with van der Waals surface area (Å²) < 4.78 is 1.47. The maximum absolute atomic E-state index is 12.1. The van der Waals surface area contributed by atoms with E-state index in [4.69, 9.17) is 0 Å². The van der Waals surface area contributed by atoms with Crippen molar-refractivity contribution in [2.75, 3.05) is 5.75 Å². The molecule has 1 heterocycles. The van der Waals surface area contributed by atoms with Gasteiger partial charge in [-0.05, 0) is 20.8 Å². The smallest absolute Gasteiger partial charge is 0.233 e. The molecule has 2 aromatic rings.